The van der Waals surface area contributed by atoms with E-state index < -0.39 is 0 Å². The van der Waals surface area contributed by atoms with Crippen molar-refractivity contribution >= 4 is 11.9 Å². The Morgan fingerprint density at radius 3 is 1.97 bits per heavy atom. The molecule has 33 heavy (non-hydrogen) atoms. The second kappa shape index (κ2) is 19.3. The van der Waals surface area contributed by atoms with Gasteiger partial charge in [0, 0.05) is 0 Å². The van der Waals surface area contributed by atoms with E-state index in [0.29, 0.717) is 25.6 Å². The maximum atomic E-state index is 12.7. The van der Waals surface area contributed by atoms with Crippen molar-refractivity contribution in [1.29, 1.82) is 0 Å². The van der Waals surface area contributed by atoms with Gasteiger partial charge in [0.15, 0.2) is 0 Å². The highest BCUT2D eigenvalue weighted by Gasteiger charge is 2.33. The molecule has 194 valence electrons. The van der Waals surface area contributed by atoms with Crippen molar-refractivity contribution in [2.75, 3.05) is 13.2 Å². The lowest BCUT2D eigenvalue weighted by molar-refractivity contribution is -0.156. The second-order valence-electron chi connectivity index (χ2n) is 10.8. The zero-order chi connectivity index (χ0) is 24.3. The minimum Gasteiger partial charge on any atom is -0.465 e. The van der Waals surface area contributed by atoms with Gasteiger partial charge in [0.2, 0.25) is 0 Å². The topological polar surface area (TPSA) is 52.6 Å². The molecule has 1 rings (SSSR count). The third-order valence-corrected chi connectivity index (χ3v) is 7.14. The molecule has 0 N–H and O–H groups in total. The largest absolute Gasteiger partial charge is 0.465 e. The van der Waals surface area contributed by atoms with Gasteiger partial charge in [-0.3, -0.25) is 9.59 Å². The van der Waals surface area contributed by atoms with Crippen molar-refractivity contribution in [3.8, 4) is 0 Å². The molecule has 1 saturated carbocycles. The Hall–Kier alpha value is -1.06. The van der Waals surface area contributed by atoms with E-state index >= 15 is 0 Å². The summed E-state index contributed by atoms with van der Waals surface area (Å²) >= 11 is 0. The van der Waals surface area contributed by atoms with Crippen molar-refractivity contribution in [1.82, 2.24) is 0 Å². The third kappa shape index (κ3) is 14.7. The molecule has 0 bridgehead atoms. The molecule has 1 fully saturated rings. The number of esters is 2. The standard InChI is InChI=1S/C29H54O4/c1-5-7-12-18-25(16-6-2)23-33-29(31)27-20-15-19-26(22-27)28(30)32-21-14-11-9-8-10-13-17-24(3)4/h24-27H,5-23H2,1-4H3. The van der Waals surface area contributed by atoms with E-state index in [9.17, 15) is 9.59 Å². The number of unbranched alkanes of at least 4 members (excludes halogenated alkanes) is 7. The van der Waals surface area contributed by atoms with E-state index in [1.807, 2.05) is 0 Å². The lowest BCUT2D eigenvalue weighted by atomic mass is 9.81. The fraction of sp³-hybridized carbons (Fsp3) is 0.931. The number of carbonyl (C=O) groups is 2. The van der Waals surface area contributed by atoms with Gasteiger partial charge >= 0.3 is 11.9 Å². The van der Waals surface area contributed by atoms with Crippen LogP contribution in [0.25, 0.3) is 0 Å². The fourth-order valence-corrected chi connectivity index (χ4v) is 4.99. The van der Waals surface area contributed by atoms with Crippen LogP contribution in [0.5, 0.6) is 0 Å². The summed E-state index contributed by atoms with van der Waals surface area (Å²) in [5, 5.41) is 0. The molecule has 0 aromatic carbocycles. The van der Waals surface area contributed by atoms with Crippen LogP contribution in [-0.4, -0.2) is 25.2 Å². The van der Waals surface area contributed by atoms with Crippen LogP contribution in [0.15, 0.2) is 0 Å². The monoisotopic (exact) mass is 466 g/mol. The normalized spacial score (nSPS) is 19.4. The highest BCUT2D eigenvalue weighted by atomic mass is 16.5. The molecule has 0 saturated heterocycles. The van der Waals surface area contributed by atoms with Crippen molar-refractivity contribution in [3.63, 3.8) is 0 Å². The molecule has 0 aromatic rings. The summed E-state index contributed by atoms with van der Waals surface area (Å²) in [6, 6.07) is 0. The van der Waals surface area contributed by atoms with Crippen LogP contribution in [0.3, 0.4) is 0 Å². The van der Waals surface area contributed by atoms with E-state index in [4.69, 9.17) is 9.47 Å². The molecule has 3 unspecified atom stereocenters. The smallest absolute Gasteiger partial charge is 0.308 e. The van der Waals surface area contributed by atoms with Gasteiger partial charge in [0.1, 0.15) is 0 Å². The second-order valence-corrected chi connectivity index (χ2v) is 10.8. The van der Waals surface area contributed by atoms with Gasteiger partial charge in [-0.05, 0) is 50.4 Å². The summed E-state index contributed by atoms with van der Waals surface area (Å²) in [6.07, 6.45) is 18.8. The SMILES string of the molecule is CCCCCC(CCC)COC(=O)C1CCCC(C(=O)OCCCCCCCCC(C)C)C1. The Morgan fingerprint density at radius 1 is 0.727 bits per heavy atom. The molecule has 4 nitrogen and oxygen atoms in total. The number of rotatable bonds is 19. The lowest BCUT2D eigenvalue weighted by Gasteiger charge is -2.27. The molecule has 4 heteroatoms. The zero-order valence-electron chi connectivity index (χ0n) is 22.4. The molecule has 0 spiro atoms. The summed E-state index contributed by atoms with van der Waals surface area (Å²) in [6.45, 7) is 10.0. The average Bonchev–Trinajstić information content (AvgIpc) is 2.81. The molecule has 0 amide bonds. The zero-order valence-corrected chi connectivity index (χ0v) is 22.4. The van der Waals surface area contributed by atoms with Crippen LogP contribution < -0.4 is 0 Å². The van der Waals surface area contributed by atoms with Gasteiger partial charge < -0.3 is 9.47 Å². The Labute approximate surface area is 205 Å². The molecule has 1 aliphatic rings. The Bertz CT molecular complexity index is 502. The van der Waals surface area contributed by atoms with E-state index in [0.717, 1.165) is 57.3 Å². The first-order chi connectivity index (χ1) is 16.0. The van der Waals surface area contributed by atoms with Crippen LogP contribution in [0.2, 0.25) is 0 Å². The van der Waals surface area contributed by atoms with Gasteiger partial charge in [-0.15, -0.1) is 0 Å². The highest BCUT2D eigenvalue weighted by Crippen LogP contribution is 2.31. The summed E-state index contributed by atoms with van der Waals surface area (Å²) < 4.78 is 11.3. The molecule has 0 radical (unpaired) electrons. The first-order valence-electron chi connectivity index (χ1n) is 14.3. The predicted octanol–water partition coefficient (Wildman–Crippen LogP) is 8.26. The van der Waals surface area contributed by atoms with Gasteiger partial charge in [-0.25, -0.2) is 0 Å². The first-order valence-corrected chi connectivity index (χ1v) is 14.3. The average molecular weight is 467 g/mol. The van der Waals surface area contributed by atoms with E-state index in [2.05, 4.69) is 27.7 Å². The van der Waals surface area contributed by atoms with Crippen molar-refractivity contribution < 1.29 is 19.1 Å². The van der Waals surface area contributed by atoms with Gasteiger partial charge in [-0.1, -0.05) is 98.3 Å². The summed E-state index contributed by atoms with van der Waals surface area (Å²) in [4.78, 5) is 25.2. The van der Waals surface area contributed by atoms with Crippen LogP contribution >= 0.6 is 0 Å². The van der Waals surface area contributed by atoms with Gasteiger partial charge in [-0.2, -0.15) is 0 Å². The molecular weight excluding hydrogens is 412 g/mol. The van der Waals surface area contributed by atoms with E-state index in [1.165, 1.54) is 51.4 Å². The molecule has 3 atom stereocenters. The van der Waals surface area contributed by atoms with Crippen LogP contribution in [0.4, 0.5) is 0 Å². The maximum Gasteiger partial charge on any atom is 0.308 e. The minimum atomic E-state index is -0.139. The van der Waals surface area contributed by atoms with Crippen molar-refractivity contribution in [3.05, 3.63) is 0 Å². The summed E-state index contributed by atoms with van der Waals surface area (Å²) in [5.41, 5.74) is 0. The maximum absolute atomic E-state index is 12.7. The molecule has 0 aliphatic heterocycles. The van der Waals surface area contributed by atoms with Crippen LogP contribution in [-0.2, 0) is 19.1 Å². The molecule has 1 aliphatic carbocycles. The van der Waals surface area contributed by atoms with Crippen molar-refractivity contribution in [2.24, 2.45) is 23.7 Å². The number of carbonyl (C=O) groups excluding carboxylic acids is 2. The molecule has 0 heterocycles. The van der Waals surface area contributed by atoms with E-state index in [-0.39, 0.29) is 23.8 Å². The summed E-state index contributed by atoms with van der Waals surface area (Å²) in [7, 11) is 0. The third-order valence-electron chi connectivity index (χ3n) is 7.14. The minimum absolute atomic E-state index is 0.0958. The number of hydrogen-bond donors (Lipinski definition) is 0. The quantitative estimate of drug-likeness (QED) is 0.142. The number of hydrogen-bond acceptors (Lipinski definition) is 4. The first kappa shape index (κ1) is 30.0. The highest BCUT2D eigenvalue weighted by molar-refractivity contribution is 5.76. The van der Waals surface area contributed by atoms with Crippen LogP contribution in [0, 0.1) is 23.7 Å². The number of ether oxygens (including phenoxy) is 2. The molecular formula is C29H54O4. The lowest BCUT2D eigenvalue weighted by Crippen LogP contribution is -2.30. The van der Waals surface area contributed by atoms with Crippen LogP contribution in [0.1, 0.15) is 137 Å². The Kier molecular flexibility index (Phi) is 17.5. The fourth-order valence-electron chi connectivity index (χ4n) is 4.99. The van der Waals surface area contributed by atoms with E-state index in [1.54, 1.807) is 0 Å². The van der Waals surface area contributed by atoms with Gasteiger partial charge in [0.25, 0.3) is 0 Å². The van der Waals surface area contributed by atoms with Crippen molar-refractivity contribution in [2.45, 2.75) is 137 Å². The summed E-state index contributed by atoms with van der Waals surface area (Å²) in [5.74, 6) is 0.807. The van der Waals surface area contributed by atoms with Gasteiger partial charge in [0.05, 0.1) is 25.0 Å². The Balaban J connectivity index is 2.22. The predicted molar refractivity (Wildman–Crippen MR) is 137 cm³/mol. The Morgan fingerprint density at radius 2 is 1.33 bits per heavy atom. The molecule has 0 aromatic heterocycles.